The van der Waals surface area contributed by atoms with E-state index in [-0.39, 0.29) is 24.4 Å². The first kappa shape index (κ1) is 24.3. The van der Waals surface area contributed by atoms with Crippen molar-refractivity contribution in [2.45, 2.75) is 52.6 Å². The Morgan fingerprint density at radius 3 is 2.43 bits per heavy atom. The number of carbonyl (C=O) groups is 2. The van der Waals surface area contributed by atoms with Gasteiger partial charge in [0.05, 0.1) is 16.6 Å². The van der Waals surface area contributed by atoms with Crippen LogP contribution in [-0.4, -0.2) is 45.3 Å². The van der Waals surface area contributed by atoms with Crippen LogP contribution in [0.15, 0.2) is 36.5 Å². The van der Waals surface area contributed by atoms with E-state index in [0.29, 0.717) is 28.7 Å². The molecule has 1 unspecified atom stereocenters. The number of benzene rings is 1. The van der Waals surface area contributed by atoms with E-state index in [9.17, 15) is 9.59 Å². The van der Waals surface area contributed by atoms with Crippen molar-refractivity contribution in [3.8, 4) is 0 Å². The lowest BCUT2D eigenvalue weighted by Crippen LogP contribution is -2.46. The molecule has 2 rings (SSSR count). The molecule has 7 heteroatoms. The number of unbranched alkanes of at least 4 members (excludes halogenated alkanes) is 1. The molecule has 2 amide bonds. The van der Waals surface area contributed by atoms with Crippen LogP contribution in [0.25, 0.3) is 0 Å². The minimum absolute atomic E-state index is 0.0300. The fourth-order valence-electron chi connectivity index (χ4n) is 3.19. The van der Waals surface area contributed by atoms with Gasteiger partial charge in [0.15, 0.2) is 0 Å². The smallest absolute Gasteiger partial charge is 0.254 e. The summed E-state index contributed by atoms with van der Waals surface area (Å²) in [5.41, 5.74) is 1.49. The summed E-state index contributed by atoms with van der Waals surface area (Å²) in [4.78, 5) is 29.9. The summed E-state index contributed by atoms with van der Waals surface area (Å²) in [6.07, 6.45) is 4.62. The normalized spacial score (nSPS) is 11.9. The summed E-state index contributed by atoms with van der Waals surface area (Å²) in [5.74, 6) is -0.274. The van der Waals surface area contributed by atoms with Crippen molar-refractivity contribution in [1.29, 1.82) is 0 Å². The van der Waals surface area contributed by atoms with Gasteiger partial charge in [-0.25, -0.2) is 0 Å². The number of amides is 2. The molecule has 0 saturated carbocycles. The predicted molar refractivity (Wildman–Crippen MR) is 123 cm³/mol. The molecule has 5 nitrogen and oxygen atoms in total. The molecule has 0 radical (unpaired) electrons. The molecule has 0 N–H and O–H groups in total. The first-order valence-electron chi connectivity index (χ1n) is 10.4. The zero-order chi connectivity index (χ0) is 22.3. The lowest BCUT2D eigenvalue weighted by Gasteiger charge is -2.31. The molecule has 0 bridgehead atoms. The van der Waals surface area contributed by atoms with Crippen LogP contribution < -0.4 is 0 Å². The summed E-state index contributed by atoms with van der Waals surface area (Å²) < 4.78 is 2.01. The molecule has 0 aliphatic heterocycles. The van der Waals surface area contributed by atoms with Crippen molar-refractivity contribution >= 4 is 35.0 Å². The lowest BCUT2D eigenvalue weighted by atomic mass is 10.1. The van der Waals surface area contributed by atoms with E-state index in [4.69, 9.17) is 23.2 Å². The van der Waals surface area contributed by atoms with Crippen molar-refractivity contribution < 1.29 is 9.59 Å². The summed E-state index contributed by atoms with van der Waals surface area (Å²) in [7, 11) is 1.97. The van der Waals surface area contributed by atoms with Crippen LogP contribution in [-0.2, 0) is 18.4 Å². The van der Waals surface area contributed by atoms with Crippen molar-refractivity contribution in [2.24, 2.45) is 7.05 Å². The number of aromatic nitrogens is 1. The molecular weight excluding hydrogens is 421 g/mol. The monoisotopic (exact) mass is 451 g/mol. The maximum Gasteiger partial charge on any atom is 0.254 e. The van der Waals surface area contributed by atoms with Gasteiger partial charge in [0.25, 0.3) is 5.91 Å². The molecule has 0 fully saturated rings. The van der Waals surface area contributed by atoms with Gasteiger partial charge in [-0.2, -0.15) is 0 Å². The fraction of sp³-hybridized carbons (Fsp3) is 0.478. The third kappa shape index (κ3) is 6.26. The third-order valence-electron chi connectivity index (χ3n) is 5.39. The highest BCUT2D eigenvalue weighted by Crippen LogP contribution is 2.24. The number of carbonyl (C=O) groups excluding carboxylic acids is 2. The molecule has 1 heterocycles. The van der Waals surface area contributed by atoms with Gasteiger partial charge in [0.1, 0.15) is 6.54 Å². The van der Waals surface area contributed by atoms with Gasteiger partial charge in [0.2, 0.25) is 5.91 Å². The molecule has 0 saturated heterocycles. The van der Waals surface area contributed by atoms with Gasteiger partial charge in [-0.05, 0) is 50.1 Å². The average molecular weight is 452 g/mol. The van der Waals surface area contributed by atoms with E-state index in [1.807, 2.05) is 48.7 Å². The van der Waals surface area contributed by atoms with Crippen LogP contribution in [0, 0.1) is 0 Å². The van der Waals surface area contributed by atoms with E-state index >= 15 is 0 Å². The highest BCUT2D eigenvalue weighted by atomic mass is 35.5. The highest BCUT2D eigenvalue weighted by molar-refractivity contribution is 6.42. The number of nitrogens with zero attached hydrogens (tertiary/aromatic N) is 3. The van der Waals surface area contributed by atoms with E-state index in [0.717, 1.165) is 25.0 Å². The number of rotatable bonds is 10. The number of hydrogen-bond donors (Lipinski definition) is 0. The molecule has 2 aromatic rings. The van der Waals surface area contributed by atoms with E-state index in [1.54, 1.807) is 23.1 Å². The largest absolute Gasteiger partial charge is 0.353 e. The summed E-state index contributed by atoms with van der Waals surface area (Å²) >= 11 is 12.1. The zero-order valence-electron chi connectivity index (χ0n) is 18.2. The Hall–Kier alpha value is -1.98. The summed E-state index contributed by atoms with van der Waals surface area (Å²) in [5, 5.41) is 0.721. The molecule has 1 atom stereocenters. The first-order chi connectivity index (χ1) is 14.3. The second-order valence-electron chi connectivity index (χ2n) is 7.60. The van der Waals surface area contributed by atoms with Gasteiger partial charge in [-0.1, -0.05) is 43.5 Å². The predicted octanol–water partition coefficient (Wildman–Crippen LogP) is 5.40. The molecule has 0 spiro atoms. The number of hydrogen-bond acceptors (Lipinski definition) is 2. The Morgan fingerprint density at radius 1 is 1.13 bits per heavy atom. The van der Waals surface area contributed by atoms with E-state index in [2.05, 4.69) is 6.92 Å². The average Bonchev–Trinajstić information content (AvgIpc) is 3.14. The van der Waals surface area contributed by atoms with Crippen molar-refractivity contribution in [1.82, 2.24) is 14.4 Å². The Kier molecular flexibility index (Phi) is 9.25. The van der Waals surface area contributed by atoms with Gasteiger partial charge in [0, 0.05) is 37.1 Å². The Bertz CT molecular complexity index is 866. The van der Waals surface area contributed by atoms with Crippen LogP contribution in [0.2, 0.25) is 10.0 Å². The van der Waals surface area contributed by atoms with Gasteiger partial charge >= 0.3 is 0 Å². The minimum atomic E-state index is -0.217. The van der Waals surface area contributed by atoms with Gasteiger partial charge in [-0.15, -0.1) is 0 Å². The molecule has 1 aromatic heterocycles. The number of halogens is 2. The Morgan fingerprint density at radius 2 is 1.87 bits per heavy atom. The van der Waals surface area contributed by atoms with Crippen LogP contribution >= 0.6 is 23.2 Å². The first-order valence-corrected chi connectivity index (χ1v) is 11.2. The fourth-order valence-corrected chi connectivity index (χ4v) is 3.48. The van der Waals surface area contributed by atoms with Crippen molar-refractivity contribution in [2.75, 3.05) is 13.1 Å². The SMILES string of the molecule is CCCCN(Cc1cccn1C)C(=O)CN(C(=O)c1ccc(Cl)c(Cl)c1)C(C)CC. The second kappa shape index (κ2) is 11.4. The van der Waals surface area contributed by atoms with Crippen LogP contribution in [0.3, 0.4) is 0 Å². The van der Waals surface area contributed by atoms with E-state index < -0.39 is 0 Å². The minimum Gasteiger partial charge on any atom is -0.353 e. The van der Waals surface area contributed by atoms with E-state index in [1.165, 1.54) is 0 Å². The van der Waals surface area contributed by atoms with Gasteiger partial charge < -0.3 is 14.4 Å². The molecule has 0 aliphatic carbocycles. The third-order valence-corrected chi connectivity index (χ3v) is 6.13. The summed E-state index contributed by atoms with van der Waals surface area (Å²) in [6.45, 7) is 7.28. The lowest BCUT2D eigenvalue weighted by molar-refractivity contribution is -0.133. The van der Waals surface area contributed by atoms with Crippen molar-refractivity contribution in [3.05, 3.63) is 57.8 Å². The molecule has 30 heavy (non-hydrogen) atoms. The quantitative estimate of drug-likeness (QED) is 0.485. The van der Waals surface area contributed by atoms with Crippen LogP contribution in [0.1, 0.15) is 56.1 Å². The second-order valence-corrected chi connectivity index (χ2v) is 8.41. The van der Waals surface area contributed by atoms with Crippen LogP contribution in [0.5, 0.6) is 0 Å². The Balaban J connectivity index is 2.23. The number of aryl methyl sites for hydroxylation is 1. The molecular formula is C23H31Cl2N3O2. The topological polar surface area (TPSA) is 45.6 Å². The standard InChI is InChI=1S/C23H31Cl2N3O2/c1-5-7-13-27(15-19-9-8-12-26(19)4)22(29)16-28(17(3)6-2)23(30)18-10-11-20(24)21(25)14-18/h8-12,14,17H,5-7,13,15-16H2,1-4H3. The van der Waals surface area contributed by atoms with Crippen molar-refractivity contribution in [3.63, 3.8) is 0 Å². The molecule has 1 aromatic carbocycles. The highest BCUT2D eigenvalue weighted by Gasteiger charge is 2.26. The maximum atomic E-state index is 13.2. The van der Waals surface area contributed by atoms with Gasteiger partial charge in [-0.3, -0.25) is 9.59 Å². The molecule has 0 aliphatic rings. The zero-order valence-corrected chi connectivity index (χ0v) is 19.7. The maximum absolute atomic E-state index is 13.2. The molecule has 164 valence electrons. The Labute approximate surface area is 189 Å². The summed E-state index contributed by atoms with van der Waals surface area (Å²) in [6, 6.07) is 8.71. The van der Waals surface area contributed by atoms with Crippen LogP contribution in [0.4, 0.5) is 0 Å².